The average Bonchev–Trinajstić information content (AvgIpc) is 2.57. The van der Waals surface area contributed by atoms with Gasteiger partial charge in [-0.2, -0.15) is 0 Å². The zero-order valence-corrected chi connectivity index (χ0v) is 13.7. The van der Waals surface area contributed by atoms with Crippen molar-refractivity contribution >= 4 is 12.0 Å². The molecule has 1 saturated heterocycles. The van der Waals surface area contributed by atoms with Crippen LogP contribution < -0.4 is 5.32 Å². The van der Waals surface area contributed by atoms with Crippen molar-refractivity contribution in [3.63, 3.8) is 0 Å². The molecule has 2 fully saturated rings. The molecule has 1 aliphatic heterocycles. The van der Waals surface area contributed by atoms with Crippen LogP contribution in [0.15, 0.2) is 24.3 Å². The lowest BCUT2D eigenvalue weighted by atomic mass is 9.95. The molecule has 0 atom stereocenters. The number of aromatic carboxylic acids is 1. The van der Waals surface area contributed by atoms with E-state index in [4.69, 9.17) is 9.84 Å². The van der Waals surface area contributed by atoms with Crippen LogP contribution in [-0.2, 0) is 11.3 Å². The number of carboxylic acids is 1. The number of carbonyl (C=O) groups excluding carboxylic acids is 1. The summed E-state index contributed by atoms with van der Waals surface area (Å²) in [5.74, 6) is -0.961. The van der Waals surface area contributed by atoms with Crippen molar-refractivity contribution in [1.29, 1.82) is 0 Å². The van der Waals surface area contributed by atoms with Crippen molar-refractivity contribution < 1.29 is 19.4 Å². The Morgan fingerprint density at radius 2 is 1.88 bits per heavy atom. The minimum absolute atomic E-state index is 0.0992. The summed E-state index contributed by atoms with van der Waals surface area (Å²) >= 11 is 0. The van der Waals surface area contributed by atoms with Crippen molar-refractivity contribution in [3.05, 3.63) is 35.4 Å². The number of urea groups is 1. The van der Waals surface area contributed by atoms with E-state index in [9.17, 15) is 9.59 Å². The number of carboxylic acid groups (broad SMARTS) is 1. The van der Waals surface area contributed by atoms with Crippen LogP contribution in [0, 0.1) is 0 Å². The van der Waals surface area contributed by atoms with Gasteiger partial charge in [0.15, 0.2) is 0 Å². The van der Waals surface area contributed by atoms with Gasteiger partial charge in [0, 0.05) is 19.6 Å². The first kappa shape index (κ1) is 16.8. The molecule has 2 amide bonds. The van der Waals surface area contributed by atoms with Gasteiger partial charge in [-0.05, 0) is 49.8 Å². The van der Waals surface area contributed by atoms with Gasteiger partial charge in [0.2, 0.25) is 0 Å². The number of hydrogen-bond acceptors (Lipinski definition) is 3. The first-order valence-electron chi connectivity index (χ1n) is 8.62. The van der Waals surface area contributed by atoms with Gasteiger partial charge in [-0.3, -0.25) is 0 Å². The lowest BCUT2D eigenvalue weighted by Gasteiger charge is -2.36. The number of likely N-dealkylation sites (tertiary alicyclic amines) is 1. The van der Waals surface area contributed by atoms with Crippen LogP contribution in [0.3, 0.4) is 0 Å². The van der Waals surface area contributed by atoms with Gasteiger partial charge in [-0.15, -0.1) is 0 Å². The molecule has 130 valence electrons. The second-order valence-electron chi connectivity index (χ2n) is 6.54. The molecule has 0 radical (unpaired) electrons. The molecule has 2 N–H and O–H groups in total. The molecule has 1 aromatic carbocycles. The smallest absolute Gasteiger partial charge is 0.335 e. The highest BCUT2D eigenvalue weighted by atomic mass is 16.5. The molecule has 24 heavy (non-hydrogen) atoms. The Labute approximate surface area is 141 Å². The normalized spacial score (nSPS) is 18.9. The molecule has 0 spiro atoms. The number of nitrogens with zero attached hydrogens (tertiary/aromatic N) is 1. The second-order valence-corrected chi connectivity index (χ2v) is 6.54. The van der Waals surface area contributed by atoms with E-state index >= 15 is 0 Å². The molecule has 3 rings (SSSR count). The van der Waals surface area contributed by atoms with Crippen molar-refractivity contribution in [1.82, 2.24) is 10.2 Å². The van der Waals surface area contributed by atoms with Gasteiger partial charge < -0.3 is 20.1 Å². The van der Waals surface area contributed by atoms with E-state index < -0.39 is 5.97 Å². The summed E-state index contributed by atoms with van der Waals surface area (Å²) in [5, 5.41) is 11.9. The van der Waals surface area contributed by atoms with Crippen LogP contribution in [0.2, 0.25) is 0 Å². The van der Waals surface area contributed by atoms with E-state index in [-0.39, 0.29) is 17.7 Å². The van der Waals surface area contributed by atoms with E-state index in [0.29, 0.717) is 25.7 Å². The number of benzene rings is 1. The first-order valence-corrected chi connectivity index (χ1v) is 8.62. The SMILES string of the molecule is O=C(O)c1cccc(CNC(=O)N2CCC(OC3CCC3)CC2)c1. The summed E-state index contributed by atoms with van der Waals surface area (Å²) in [6.45, 7) is 1.75. The van der Waals surface area contributed by atoms with Crippen LogP contribution >= 0.6 is 0 Å². The van der Waals surface area contributed by atoms with Crippen molar-refractivity contribution in [2.45, 2.75) is 50.9 Å². The third-order valence-electron chi connectivity index (χ3n) is 4.78. The summed E-state index contributed by atoms with van der Waals surface area (Å²) < 4.78 is 6.01. The molecule has 6 nitrogen and oxygen atoms in total. The molecule has 0 bridgehead atoms. The van der Waals surface area contributed by atoms with Gasteiger partial charge in [0.25, 0.3) is 0 Å². The number of hydrogen-bond donors (Lipinski definition) is 2. The maximum atomic E-state index is 12.2. The average molecular weight is 332 g/mol. The fourth-order valence-corrected chi connectivity index (χ4v) is 3.08. The molecular formula is C18H24N2O4. The summed E-state index contributed by atoms with van der Waals surface area (Å²) in [5.41, 5.74) is 1.02. The number of ether oxygens (including phenoxy) is 1. The number of nitrogens with one attached hydrogen (secondary N) is 1. The van der Waals surface area contributed by atoms with Gasteiger partial charge >= 0.3 is 12.0 Å². The lowest BCUT2D eigenvalue weighted by molar-refractivity contribution is -0.0697. The quantitative estimate of drug-likeness (QED) is 0.869. The highest BCUT2D eigenvalue weighted by molar-refractivity contribution is 5.87. The Kier molecular flexibility index (Phi) is 5.35. The molecular weight excluding hydrogens is 308 g/mol. The van der Waals surface area contributed by atoms with Gasteiger partial charge in [-0.25, -0.2) is 9.59 Å². The van der Waals surface area contributed by atoms with Crippen LogP contribution in [-0.4, -0.2) is 47.3 Å². The van der Waals surface area contributed by atoms with Gasteiger partial charge in [0.05, 0.1) is 17.8 Å². The Hall–Kier alpha value is -2.08. The maximum absolute atomic E-state index is 12.2. The van der Waals surface area contributed by atoms with E-state index in [1.54, 1.807) is 18.2 Å². The van der Waals surface area contributed by atoms with E-state index in [1.807, 2.05) is 11.0 Å². The largest absolute Gasteiger partial charge is 0.478 e. The third kappa shape index (κ3) is 4.26. The first-order chi connectivity index (χ1) is 11.6. The predicted molar refractivity (Wildman–Crippen MR) is 89.0 cm³/mol. The van der Waals surface area contributed by atoms with Crippen molar-refractivity contribution in [3.8, 4) is 0 Å². The van der Waals surface area contributed by atoms with Gasteiger partial charge in [0.1, 0.15) is 0 Å². The van der Waals surface area contributed by atoms with Crippen molar-refractivity contribution in [2.24, 2.45) is 0 Å². The van der Waals surface area contributed by atoms with Crippen molar-refractivity contribution in [2.75, 3.05) is 13.1 Å². The summed E-state index contributed by atoms with van der Waals surface area (Å²) in [6.07, 6.45) is 6.13. The van der Waals surface area contributed by atoms with E-state index in [0.717, 1.165) is 18.4 Å². The second kappa shape index (κ2) is 7.66. The summed E-state index contributed by atoms with van der Waals surface area (Å²) in [7, 11) is 0. The van der Waals surface area contributed by atoms with Crippen LogP contribution in [0.1, 0.15) is 48.0 Å². The number of rotatable bonds is 5. The predicted octanol–water partition coefficient (Wildman–Crippen LogP) is 2.63. The minimum atomic E-state index is -0.961. The Morgan fingerprint density at radius 3 is 2.50 bits per heavy atom. The molecule has 6 heteroatoms. The van der Waals surface area contributed by atoms with Crippen LogP contribution in [0.25, 0.3) is 0 Å². The third-order valence-corrected chi connectivity index (χ3v) is 4.78. The lowest BCUT2D eigenvalue weighted by Crippen LogP contribution is -2.46. The maximum Gasteiger partial charge on any atom is 0.335 e. The summed E-state index contributed by atoms with van der Waals surface area (Å²) in [4.78, 5) is 25.0. The molecule has 1 aromatic rings. The highest BCUT2D eigenvalue weighted by Crippen LogP contribution is 2.26. The molecule has 2 aliphatic rings. The number of amides is 2. The van der Waals surface area contributed by atoms with Crippen LogP contribution in [0.4, 0.5) is 4.79 Å². The Morgan fingerprint density at radius 1 is 1.17 bits per heavy atom. The standard InChI is InChI=1S/C18H24N2O4/c21-17(22)14-4-1-3-13(11-14)12-19-18(23)20-9-7-16(8-10-20)24-15-5-2-6-15/h1,3-4,11,15-16H,2,5-10,12H2,(H,19,23)(H,21,22). The molecule has 1 saturated carbocycles. The van der Waals surface area contributed by atoms with Gasteiger partial charge in [-0.1, -0.05) is 12.1 Å². The number of piperidine rings is 1. The Bertz CT molecular complexity index is 592. The zero-order valence-electron chi connectivity index (χ0n) is 13.7. The molecule has 1 heterocycles. The zero-order chi connectivity index (χ0) is 16.9. The monoisotopic (exact) mass is 332 g/mol. The topological polar surface area (TPSA) is 78.9 Å². The molecule has 1 aliphatic carbocycles. The Balaban J connectivity index is 1.42. The number of carbonyl (C=O) groups is 2. The summed E-state index contributed by atoms with van der Waals surface area (Å²) in [6, 6.07) is 6.53. The minimum Gasteiger partial charge on any atom is -0.478 e. The fourth-order valence-electron chi connectivity index (χ4n) is 3.08. The molecule has 0 unspecified atom stereocenters. The van der Waals surface area contributed by atoms with Crippen LogP contribution in [0.5, 0.6) is 0 Å². The van der Waals surface area contributed by atoms with E-state index in [1.165, 1.54) is 19.3 Å². The fraction of sp³-hybridized carbons (Fsp3) is 0.556. The molecule has 0 aromatic heterocycles. The van der Waals surface area contributed by atoms with E-state index in [2.05, 4.69) is 5.32 Å². The highest BCUT2D eigenvalue weighted by Gasteiger charge is 2.27.